The van der Waals surface area contributed by atoms with Crippen molar-refractivity contribution in [2.75, 3.05) is 7.11 Å². The van der Waals surface area contributed by atoms with Gasteiger partial charge in [-0.1, -0.05) is 46.3 Å². The second-order valence-corrected chi connectivity index (χ2v) is 8.48. The molecule has 0 atom stereocenters. The molecule has 0 bridgehead atoms. The molecule has 34 heavy (non-hydrogen) atoms. The van der Waals surface area contributed by atoms with Crippen molar-refractivity contribution in [2.24, 2.45) is 5.10 Å². The molecule has 5 rings (SSSR count). The number of aromatic amines is 1. The number of hydrogen-bond donors (Lipinski definition) is 2. The van der Waals surface area contributed by atoms with Gasteiger partial charge < -0.3 is 14.1 Å². The zero-order chi connectivity index (χ0) is 23.5. The number of carbonyl (C=O) groups excluding carboxylic acids is 1. The molecule has 168 valence electrons. The Balaban J connectivity index is 1.38. The van der Waals surface area contributed by atoms with Gasteiger partial charge in [-0.25, -0.2) is 5.43 Å². The van der Waals surface area contributed by atoms with Crippen molar-refractivity contribution in [3.05, 3.63) is 101 Å². The van der Waals surface area contributed by atoms with Crippen molar-refractivity contribution < 1.29 is 13.9 Å². The van der Waals surface area contributed by atoms with Crippen molar-refractivity contribution in [2.45, 2.75) is 0 Å². The first-order valence-corrected chi connectivity index (χ1v) is 11.4. The first kappa shape index (κ1) is 21.7. The molecule has 2 heterocycles. The van der Waals surface area contributed by atoms with Gasteiger partial charge in [-0.2, -0.15) is 5.10 Å². The van der Waals surface area contributed by atoms with Gasteiger partial charge in [0.2, 0.25) is 0 Å². The van der Waals surface area contributed by atoms with E-state index < -0.39 is 0 Å². The standard InChI is InChI=1S/C27H20BrN3O3/c1-33-20-10-7-17(8-11-20)24-14-12-21(34-24)16-29-31-27(32)26-25(18-5-3-2-4-6-18)22-15-19(28)9-13-23(22)30-26/h2-16,30H,1H3,(H,31,32)/b29-16+. The third-order valence-corrected chi connectivity index (χ3v) is 5.90. The highest BCUT2D eigenvalue weighted by atomic mass is 79.9. The molecule has 3 aromatic carbocycles. The number of halogens is 1. The van der Waals surface area contributed by atoms with Crippen LogP contribution < -0.4 is 10.2 Å². The van der Waals surface area contributed by atoms with Gasteiger partial charge in [0.1, 0.15) is 23.0 Å². The molecule has 0 spiro atoms. The summed E-state index contributed by atoms with van der Waals surface area (Å²) in [5, 5.41) is 5.06. The molecule has 0 aliphatic rings. The third kappa shape index (κ3) is 4.38. The Morgan fingerprint density at radius 1 is 1.00 bits per heavy atom. The number of nitrogens with zero attached hydrogens (tertiary/aromatic N) is 1. The summed E-state index contributed by atoms with van der Waals surface area (Å²) in [6.45, 7) is 0. The second-order valence-electron chi connectivity index (χ2n) is 7.56. The summed E-state index contributed by atoms with van der Waals surface area (Å²) in [5.41, 5.74) is 6.60. The van der Waals surface area contributed by atoms with Crippen molar-refractivity contribution >= 4 is 39.0 Å². The lowest BCUT2D eigenvalue weighted by Gasteiger charge is -2.04. The summed E-state index contributed by atoms with van der Waals surface area (Å²) in [6.07, 6.45) is 1.48. The number of hydrazone groups is 1. The molecule has 0 saturated carbocycles. The lowest BCUT2D eigenvalue weighted by molar-refractivity contribution is 0.0951. The van der Waals surface area contributed by atoms with Gasteiger partial charge in [0.05, 0.1) is 13.3 Å². The molecule has 5 aromatic rings. The minimum absolute atomic E-state index is 0.343. The van der Waals surface area contributed by atoms with E-state index in [0.29, 0.717) is 17.2 Å². The van der Waals surface area contributed by atoms with E-state index in [-0.39, 0.29) is 5.91 Å². The first-order chi connectivity index (χ1) is 16.6. The average Bonchev–Trinajstić information content (AvgIpc) is 3.49. The highest BCUT2D eigenvalue weighted by Crippen LogP contribution is 2.34. The Hall–Kier alpha value is -4.10. The molecule has 2 N–H and O–H groups in total. The molecular formula is C27H20BrN3O3. The fourth-order valence-corrected chi connectivity index (χ4v) is 4.14. The van der Waals surface area contributed by atoms with Gasteiger partial charge in [0, 0.05) is 26.5 Å². The summed E-state index contributed by atoms with van der Waals surface area (Å²) < 4.78 is 12.0. The monoisotopic (exact) mass is 513 g/mol. The van der Waals surface area contributed by atoms with Crippen molar-refractivity contribution in [1.82, 2.24) is 10.4 Å². The number of fused-ring (bicyclic) bond motifs is 1. The molecule has 0 unspecified atom stereocenters. The van der Waals surface area contributed by atoms with Crippen LogP contribution in [0.4, 0.5) is 0 Å². The van der Waals surface area contributed by atoms with Gasteiger partial charge >= 0.3 is 0 Å². The summed E-state index contributed by atoms with van der Waals surface area (Å²) in [7, 11) is 1.63. The van der Waals surface area contributed by atoms with E-state index in [4.69, 9.17) is 9.15 Å². The number of furan rings is 1. The smallest absolute Gasteiger partial charge is 0.288 e. The lowest BCUT2D eigenvalue weighted by atomic mass is 10.0. The number of hydrogen-bond acceptors (Lipinski definition) is 4. The van der Waals surface area contributed by atoms with Crippen LogP contribution >= 0.6 is 15.9 Å². The summed E-state index contributed by atoms with van der Waals surface area (Å²) in [6, 6.07) is 26.9. The number of rotatable bonds is 6. The van der Waals surface area contributed by atoms with E-state index in [2.05, 4.69) is 31.4 Å². The fraction of sp³-hybridized carbons (Fsp3) is 0.0370. The Morgan fingerprint density at radius 3 is 2.56 bits per heavy atom. The maximum atomic E-state index is 13.1. The van der Waals surface area contributed by atoms with Crippen LogP contribution in [0.2, 0.25) is 0 Å². The zero-order valence-corrected chi connectivity index (χ0v) is 19.8. The van der Waals surface area contributed by atoms with E-state index in [9.17, 15) is 4.79 Å². The highest BCUT2D eigenvalue weighted by Gasteiger charge is 2.19. The number of nitrogens with one attached hydrogen (secondary N) is 2. The minimum atomic E-state index is -0.343. The van der Waals surface area contributed by atoms with Crippen LogP contribution in [-0.2, 0) is 0 Å². The number of aromatic nitrogens is 1. The SMILES string of the molecule is COc1ccc(-c2ccc(/C=N/NC(=O)c3[nH]c4ccc(Br)cc4c3-c3ccccc3)o2)cc1. The maximum Gasteiger partial charge on any atom is 0.288 e. The van der Waals surface area contributed by atoms with Crippen LogP contribution in [0, 0.1) is 0 Å². The molecule has 0 aliphatic heterocycles. The number of H-pyrrole nitrogens is 1. The fourth-order valence-electron chi connectivity index (χ4n) is 3.78. The molecule has 6 nitrogen and oxygen atoms in total. The van der Waals surface area contributed by atoms with E-state index in [1.54, 1.807) is 13.2 Å². The van der Waals surface area contributed by atoms with Gasteiger partial charge in [-0.05, 0) is 60.2 Å². The molecule has 1 amide bonds. The predicted octanol–water partition coefficient (Wildman–Crippen LogP) is 6.63. The second kappa shape index (κ2) is 9.41. The molecule has 0 fully saturated rings. The van der Waals surface area contributed by atoms with Crippen molar-refractivity contribution in [3.63, 3.8) is 0 Å². The normalized spacial score (nSPS) is 11.2. The average molecular weight is 514 g/mol. The molecule has 0 aliphatic carbocycles. The van der Waals surface area contributed by atoms with Crippen molar-refractivity contribution in [3.8, 4) is 28.2 Å². The van der Waals surface area contributed by atoms with Gasteiger partial charge in [0.15, 0.2) is 0 Å². The van der Waals surface area contributed by atoms with E-state index >= 15 is 0 Å². The van der Waals surface area contributed by atoms with Crippen LogP contribution in [0.25, 0.3) is 33.4 Å². The minimum Gasteiger partial charge on any atom is -0.497 e. The Labute approximate surface area is 204 Å². The lowest BCUT2D eigenvalue weighted by Crippen LogP contribution is -2.18. The topological polar surface area (TPSA) is 79.6 Å². The summed E-state index contributed by atoms with van der Waals surface area (Å²) in [5.74, 6) is 1.65. The number of ether oxygens (including phenoxy) is 1. The number of amides is 1. The van der Waals surface area contributed by atoms with E-state index in [1.807, 2.05) is 78.9 Å². The number of methoxy groups -OCH3 is 1. The van der Waals surface area contributed by atoms with Gasteiger partial charge in [-0.3, -0.25) is 4.79 Å². The van der Waals surface area contributed by atoms with E-state index in [0.717, 1.165) is 37.8 Å². The number of carbonyl (C=O) groups is 1. The maximum absolute atomic E-state index is 13.1. The van der Waals surface area contributed by atoms with Crippen LogP contribution in [0.5, 0.6) is 5.75 Å². The van der Waals surface area contributed by atoms with Crippen LogP contribution in [0.15, 0.2) is 98.9 Å². The molecular weight excluding hydrogens is 494 g/mol. The van der Waals surface area contributed by atoms with Crippen molar-refractivity contribution in [1.29, 1.82) is 0 Å². The zero-order valence-electron chi connectivity index (χ0n) is 18.2. The van der Waals surface area contributed by atoms with Crippen LogP contribution in [-0.4, -0.2) is 24.2 Å². The Bertz CT molecular complexity index is 1490. The van der Waals surface area contributed by atoms with Gasteiger partial charge in [-0.15, -0.1) is 0 Å². The molecule has 0 saturated heterocycles. The van der Waals surface area contributed by atoms with E-state index in [1.165, 1.54) is 6.21 Å². The van der Waals surface area contributed by atoms with Crippen LogP contribution in [0.3, 0.4) is 0 Å². The Kier molecular flexibility index (Phi) is 6.01. The molecule has 0 radical (unpaired) electrons. The third-order valence-electron chi connectivity index (χ3n) is 5.41. The Morgan fingerprint density at radius 2 is 1.79 bits per heavy atom. The summed E-state index contributed by atoms with van der Waals surface area (Å²) >= 11 is 3.52. The number of benzene rings is 3. The highest BCUT2D eigenvalue weighted by molar-refractivity contribution is 9.10. The first-order valence-electron chi connectivity index (χ1n) is 10.6. The largest absolute Gasteiger partial charge is 0.497 e. The molecule has 2 aromatic heterocycles. The predicted molar refractivity (Wildman–Crippen MR) is 137 cm³/mol. The summed E-state index contributed by atoms with van der Waals surface area (Å²) in [4.78, 5) is 16.3. The quantitative estimate of drug-likeness (QED) is 0.197. The molecule has 7 heteroatoms. The van der Waals surface area contributed by atoms with Crippen LogP contribution in [0.1, 0.15) is 16.2 Å². The van der Waals surface area contributed by atoms with Gasteiger partial charge in [0.25, 0.3) is 5.91 Å².